The number of carbonyl (C=O) groups excluding carboxylic acids is 3. The van der Waals surface area contributed by atoms with E-state index in [4.69, 9.17) is 0 Å². The number of hydrogen-bond donors (Lipinski definition) is 4. The van der Waals surface area contributed by atoms with Crippen molar-refractivity contribution in [1.29, 1.82) is 0 Å². The predicted octanol–water partition coefficient (Wildman–Crippen LogP) is -0.737. The minimum absolute atomic E-state index is 0.0750. The maximum atomic E-state index is 11.5. The zero-order valence-electron chi connectivity index (χ0n) is 12.8. The molecule has 3 saturated heterocycles. The Hall–Kier alpha value is -2.10. The standard InChI is InChI=1S/C14H18N4O5S/c19-10-4-7(12(20)17-10)15-6(13(21)22)2-1-3-9-11-8(5-24-9)16-14(23)18-11/h7-9,11H,1-5H2,(H,21,22)(H2,16,18,23)(H,17,19,20)/t7?,8-,9-,11-/m0/s1. The lowest BCUT2D eigenvalue weighted by molar-refractivity contribution is -0.129. The number of carboxylic acids is 1. The fourth-order valence-electron chi connectivity index (χ4n) is 3.17. The summed E-state index contributed by atoms with van der Waals surface area (Å²) in [5.41, 5.74) is -0.0852. The molecule has 24 heavy (non-hydrogen) atoms. The Morgan fingerprint density at radius 2 is 2.08 bits per heavy atom. The molecule has 0 bridgehead atoms. The molecule has 0 aliphatic carbocycles. The number of thioether (sulfide) groups is 1. The number of aliphatic imine (C=N–C) groups is 1. The van der Waals surface area contributed by atoms with Crippen LogP contribution in [-0.2, 0) is 14.4 Å². The molecule has 1 unspecified atom stereocenters. The molecule has 3 rings (SSSR count). The summed E-state index contributed by atoms with van der Waals surface area (Å²) >= 11 is 1.76. The molecule has 3 fully saturated rings. The number of nitrogens with one attached hydrogen (secondary N) is 3. The molecular weight excluding hydrogens is 336 g/mol. The zero-order valence-corrected chi connectivity index (χ0v) is 13.6. The van der Waals surface area contributed by atoms with E-state index in [1.165, 1.54) is 0 Å². The van der Waals surface area contributed by atoms with Gasteiger partial charge in [0.05, 0.1) is 18.5 Å². The third-order valence-corrected chi connectivity index (χ3v) is 5.85. The highest BCUT2D eigenvalue weighted by atomic mass is 32.2. The number of imide groups is 1. The maximum Gasteiger partial charge on any atom is 0.349 e. The second-order valence-corrected chi connectivity index (χ2v) is 7.30. The quantitative estimate of drug-likeness (QED) is 0.282. The third-order valence-electron chi connectivity index (χ3n) is 4.34. The van der Waals surface area contributed by atoms with Crippen LogP contribution in [0.4, 0.5) is 4.79 Å². The topological polar surface area (TPSA) is 137 Å². The van der Waals surface area contributed by atoms with Crippen molar-refractivity contribution >= 4 is 41.3 Å². The third kappa shape index (κ3) is 3.53. The van der Waals surface area contributed by atoms with Gasteiger partial charge in [0.25, 0.3) is 5.91 Å². The summed E-state index contributed by atoms with van der Waals surface area (Å²) in [4.78, 5) is 49.2. The van der Waals surface area contributed by atoms with Crippen LogP contribution in [0, 0.1) is 0 Å². The van der Waals surface area contributed by atoms with Gasteiger partial charge in [-0.3, -0.25) is 19.9 Å². The summed E-state index contributed by atoms with van der Waals surface area (Å²) in [6, 6.07) is -0.883. The van der Waals surface area contributed by atoms with Gasteiger partial charge in [0, 0.05) is 11.0 Å². The van der Waals surface area contributed by atoms with E-state index in [0.717, 1.165) is 12.2 Å². The van der Waals surface area contributed by atoms with E-state index in [0.29, 0.717) is 6.42 Å². The number of nitrogens with zero attached hydrogens (tertiary/aromatic N) is 1. The largest absolute Gasteiger partial charge is 0.477 e. The van der Waals surface area contributed by atoms with Crippen molar-refractivity contribution in [3.05, 3.63) is 0 Å². The monoisotopic (exact) mass is 354 g/mol. The number of hydrogen-bond acceptors (Lipinski definition) is 6. The minimum Gasteiger partial charge on any atom is -0.477 e. The molecule has 4 atom stereocenters. The van der Waals surface area contributed by atoms with Gasteiger partial charge in [0.2, 0.25) is 5.91 Å². The second-order valence-electron chi connectivity index (χ2n) is 6.03. The predicted molar refractivity (Wildman–Crippen MR) is 86.0 cm³/mol. The van der Waals surface area contributed by atoms with E-state index < -0.39 is 23.8 Å². The van der Waals surface area contributed by atoms with E-state index in [-0.39, 0.29) is 41.9 Å². The number of rotatable bonds is 6. The molecule has 0 saturated carbocycles. The van der Waals surface area contributed by atoms with Crippen molar-refractivity contribution in [2.45, 2.75) is 49.1 Å². The van der Waals surface area contributed by atoms with Gasteiger partial charge in [-0.2, -0.15) is 11.8 Å². The van der Waals surface area contributed by atoms with E-state index in [1.54, 1.807) is 11.8 Å². The SMILES string of the molecule is O=C1CC(N=C(CCC[C@@H]2SC[C@@H]3NC(=O)N[C@@H]32)C(=O)O)C(=O)N1. The molecule has 0 aromatic rings. The van der Waals surface area contributed by atoms with E-state index in [2.05, 4.69) is 20.9 Å². The summed E-state index contributed by atoms with van der Waals surface area (Å²) in [6.45, 7) is 0. The molecular formula is C14H18N4O5S. The first-order chi connectivity index (χ1) is 11.4. The van der Waals surface area contributed by atoms with Gasteiger partial charge in [-0.25, -0.2) is 9.59 Å². The van der Waals surface area contributed by atoms with Gasteiger partial charge < -0.3 is 15.7 Å². The Balaban J connectivity index is 1.53. The summed E-state index contributed by atoms with van der Waals surface area (Å²) in [6.07, 6.45) is 1.46. The Bertz CT molecular complexity index is 622. The van der Waals surface area contributed by atoms with Crippen molar-refractivity contribution < 1.29 is 24.3 Å². The van der Waals surface area contributed by atoms with Gasteiger partial charge >= 0.3 is 12.0 Å². The summed E-state index contributed by atoms with van der Waals surface area (Å²) in [7, 11) is 0. The molecule has 3 aliphatic rings. The second kappa shape index (κ2) is 6.80. The van der Waals surface area contributed by atoms with Crippen LogP contribution in [-0.4, -0.2) is 63.8 Å². The normalized spacial score (nSPS) is 32.3. The Morgan fingerprint density at radius 1 is 1.29 bits per heavy atom. The first-order valence-electron chi connectivity index (χ1n) is 7.76. The molecule has 3 aliphatic heterocycles. The zero-order chi connectivity index (χ0) is 17.3. The van der Waals surface area contributed by atoms with Crippen LogP contribution in [0.1, 0.15) is 25.7 Å². The van der Waals surface area contributed by atoms with Gasteiger partial charge in [-0.05, 0) is 19.3 Å². The summed E-state index contributed by atoms with van der Waals surface area (Å²) < 4.78 is 0. The lowest BCUT2D eigenvalue weighted by Crippen LogP contribution is -2.36. The molecule has 4 N–H and O–H groups in total. The average Bonchev–Trinajstić information content (AvgIpc) is 3.13. The lowest BCUT2D eigenvalue weighted by atomic mass is 10.0. The lowest BCUT2D eigenvalue weighted by Gasteiger charge is -2.16. The van der Waals surface area contributed by atoms with E-state index in [1.807, 2.05) is 0 Å². The summed E-state index contributed by atoms with van der Waals surface area (Å²) in [5.74, 6) is -1.31. The molecule has 0 aromatic carbocycles. The number of carbonyl (C=O) groups is 4. The number of fused-ring (bicyclic) bond motifs is 1. The van der Waals surface area contributed by atoms with Crippen LogP contribution in [0.3, 0.4) is 0 Å². The number of urea groups is 1. The number of aliphatic carboxylic acids is 1. The highest BCUT2D eigenvalue weighted by Gasteiger charge is 2.42. The maximum absolute atomic E-state index is 11.5. The van der Waals surface area contributed by atoms with Crippen LogP contribution >= 0.6 is 11.8 Å². The van der Waals surface area contributed by atoms with Crippen molar-refractivity contribution in [2.24, 2.45) is 4.99 Å². The van der Waals surface area contributed by atoms with Crippen molar-refractivity contribution in [3.63, 3.8) is 0 Å². The molecule has 0 aromatic heterocycles. The first kappa shape index (κ1) is 16.7. The minimum atomic E-state index is -1.17. The molecule has 10 heteroatoms. The number of amides is 4. The first-order valence-corrected chi connectivity index (χ1v) is 8.81. The van der Waals surface area contributed by atoms with E-state index >= 15 is 0 Å². The van der Waals surface area contributed by atoms with Crippen LogP contribution < -0.4 is 16.0 Å². The molecule has 4 amide bonds. The molecule has 9 nitrogen and oxygen atoms in total. The molecule has 0 radical (unpaired) electrons. The van der Waals surface area contributed by atoms with Gasteiger partial charge in [0.1, 0.15) is 11.8 Å². The highest BCUT2D eigenvalue weighted by Crippen LogP contribution is 2.33. The van der Waals surface area contributed by atoms with Gasteiger partial charge in [0.15, 0.2) is 0 Å². The molecule has 130 valence electrons. The highest BCUT2D eigenvalue weighted by molar-refractivity contribution is 8.00. The molecule has 0 spiro atoms. The van der Waals surface area contributed by atoms with Crippen molar-refractivity contribution in [3.8, 4) is 0 Å². The van der Waals surface area contributed by atoms with Crippen LogP contribution in [0.5, 0.6) is 0 Å². The average molecular weight is 354 g/mol. The molecule has 3 heterocycles. The Morgan fingerprint density at radius 3 is 2.75 bits per heavy atom. The fourth-order valence-corrected chi connectivity index (χ4v) is 4.72. The van der Waals surface area contributed by atoms with Crippen LogP contribution in [0.2, 0.25) is 0 Å². The fraction of sp³-hybridized carbons (Fsp3) is 0.643. The van der Waals surface area contributed by atoms with Crippen molar-refractivity contribution in [2.75, 3.05) is 5.75 Å². The van der Waals surface area contributed by atoms with Crippen LogP contribution in [0.15, 0.2) is 4.99 Å². The smallest absolute Gasteiger partial charge is 0.349 e. The van der Waals surface area contributed by atoms with Gasteiger partial charge in [-0.1, -0.05) is 0 Å². The summed E-state index contributed by atoms with van der Waals surface area (Å²) in [5, 5.41) is 17.3. The number of carboxylic acid groups (broad SMARTS) is 1. The van der Waals surface area contributed by atoms with Gasteiger partial charge in [-0.15, -0.1) is 0 Å². The van der Waals surface area contributed by atoms with E-state index in [9.17, 15) is 24.3 Å². The van der Waals surface area contributed by atoms with Crippen molar-refractivity contribution in [1.82, 2.24) is 16.0 Å². The Kier molecular flexibility index (Phi) is 4.74. The Labute approximate surface area is 142 Å². The van der Waals surface area contributed by atoms with Crippen LogP contribution in [0.25, 0.3) is 0 Å².